The molecule has 0 spiro atoms. The van der Waals surface area contributed by atoms with Crippen LogP contribution in [0.2, 0.25) is 10.0 Å². The van der Waals surface area contributed by atoms with Crippen molar-refractivity contribution in [3.63, 3.8) is 0 Å². The zero-order valence-corrected chi connectivity index (χ0v) is 20.9. The molecular formula is C25H22Cl2N4O2S. The largest absolute Gasteiger partial charge is 0.493 e. The van der Waals surface area contributed by atoms with Crippen LogP contribution in [0.3, 0.4) is 0 Å². The molecular weight excluding hydrogens is 491 g/mol. The number of hydrogen-bond donors (Lipinski definition) is 0. The van der Waals surface area contributed by atoms with Crippen LogP contribution < -0.4 is 9.47 Å². The number of halogens is 2. The van der Waals surface area contributed by atoms with Crippen molar-refractivity contribution in [2.75, 3.05) is 7.11 Å². The molecule has 0 N–H and O–H groups in total. The summed E-state index contributed by atoms with van der Waals surface area (Å²) in [6, 6.07) is 21.1. The fraction of sp³-hybridized carbons (Fsp3) is 0.160. The highest BCUT2D eigenvalue weighted by Gasteiger charge is 2.13. The Morgan fingerprint density at radius 2 is 1.85 bits per heavy atom. The van der Waals surface area contributed by atoms with Crippen molar-refractivity contribution < 1.29 is 9.47 Å². The molecule has 3 aromatic carbocycles. The Balaban J connectivity index is 1.56. The summed E-state index contributed by atoms with van der Waals surface area (Å²) in [6.45, 7) is 2.11. The van der Waals surface area contributed by atoms with E-state index >= 15 is 0 Å². The highest BCUT2D eigenvalue weighted by atomic mass is 35.5. The molecule has 34 heavy (non-hydrogen) atoms. The van der Waals surface area contributed by atoms with Gasteiger partial charge in [0.05, 0.1) is 13.3 Å². The lowest BCUT2D eigenvalue weighted by Crippen LogP contribution is -2.02. The number of ether oxygens (including phenoxy) is 2. The minimum absolute atomic E-state index is 0.251. The topological polar surface area (TPSA) is 61.5 Å². The first-order valence-corrected chi connectivity index (χ1v) is 12.2. The molecule has 0 saturated carbocycles. The monoisotopic (exact) mass is 512 g/mol. The summed E-state index contributed by atoms with van der Waals surface area (Å²) in [5.41, 5.74) is 2.76. The number of rotatable bonds is 9. The van der Waals surface area contributed by atoms with Crippen molar-refractivity contribution in [1.82, 2.24) is 14.9 Å². The Hall–Kier alpha value is -3.00. The number of nitrogens with zero attached hydrogens (tertiary/aromatic N) is 4. The molecule has 6 nitrogen and oxygen atoms in total. The van der Waals surface area contributed by atoms with Crippen LogP contribution in [0, 0.1) is 6.92 Å². The normalized spacial score (nSPS) is 11.2. The highest BCUT2D eigenvalue weighted by molar-refractivity contribution is 7.98. The maximum absolute atomic E-state index is 6.31. The Bertz CT molecular complexity index is 1300. The van der Waals surface area contributed by atoms with E-state index in [0.717, 1.165) is 16.9 Å². The van der Waals surface area contributed by atoms with Crippen LogP contribution in [0.1, 0.15) is 22.5 Å². The van der Waals surface area contributed by atoms with Crippen LogP contribution in [0.25, 0.3) is 0 Å². The lowest BCUT2D eigenvalue weighted by Gasteiger charge is -2.14. The molecule has 0 amide bonds. The second-order valence-electron chi connectivity index (χ2n) is 7.26. The van der Waals surface area contributed by atoms with E-state index in [4.69, 9.17) is 32.7 Å². The smallest absolute Gasteiger partial charge is 0.212 e. The average Bonchev–Trinajstić information content (AvgIpc) is 3.20. The van der Waals surface area contributed by atoms with Gasteiger partial charge in [0.25, 0.3) is 0 Å². The van der Waals surface area contributed by atoms with Crippen LogP contribution in [-0.2, 0) is 12.4 Å². The van der Waals surface area contributed by atoms with Crippen molar-refractivity contribution in [2.45, 2.75) is 24.4 Å². The van der Waals surface area contributed by atoms with Gasteiger partial charge >= 0.3 is 0 Å². The minimum atomic E-state index is 0.251. The van der Waals surface area contributed by atoms with Gasteiger partial charge in [-0.05, 0) is 36.8 Å². The maximum atomic E-state index is 6.31. The molecule has 0 aliphatic rings. The zero-order chi connectivity index (χ0) is 23.9. The molecule has 0 aliphatic carbocycles. The predicted octanol–water partition coefficient (Wildman–Crippen LogP) is 6.66. The number of benzene rings is 3. The third-order valence-electron chi connectivity index (χ3n) is 4.91. The number of methoxy groups -OCH3 is 1. The number of aromatic nitrogens is 3. The first-order valence-electron chi connectivity index (χ1n) is 10.4. The van der Waals surface area contributed by atoms with Gasteiger partial charge in [0, 0.05) is 26.9 Å². The van der Waals surface area contributed by atoms with E-state index in [0.29, 0.717) is 32.5 Å². The van der Waals surface area contributed by atoms with E-state index in [9.17, 15) is 0 Å². The van der Waals surface area contributed by atoms with Gasteiger partial charge in [0.15, 0.2) is 17.3 Å². The number of thioether (sulfide) groups is 1. The highest BCUT2D eigenvalue weighted by Crippen LogP contribution is 2.32. The van der Waals surface area contributed by atoms with Crippen molar-refractivity contribution in [3.8, 4) is 11.5 Å². The average molecular weight is 513 g/mol. The number of para-hydroxylation sites is 1. The molecule has 0 aliphatic heterocycles. The van der Waals surface area contributed by atoms with E-state index in [1.165, 1.54) is 5.56 Å². The van der Waals surface area contributed by atoms with Crippen LogP contribution in [-0.4, -0.2) is 28.2 Å². The van der Waals surface area contributed by atoms with E-state index in [1.807, 2.05) is 49.4 Å². The fourth-order valence-electron chi connectivity index (χ4n) is 3.14. The van der Waals surface area contributed by atoms with E-state index < -0.39 is 0 Å². The molecule has 4 aromatic rings. The second kappa shape index (κ2) is 11.4. The van der Waals surface area contributed by atoms with Gasteiger partial charge in [-0.1, -0.05) is 77.4 Å². The summed E-state index contributed by atoms with van der Waals surface area (Å²) in [7, 11) is 1.60. The lowest BCUT2D eigenvalue weighted by atomic mass is 10.2. The predicted molar refractivity (Wildman–Crippen MR) is 138 cm³/mol. The standard InChI is InChI=1S/C25H22Cl2N4O2S/c1-17-29-30-25(34-16-18-7-4-3-5-8-18)31(17)28-14-19-9-6-10-23(32-2)24(19)33-15-20-11-12-21(26)13-22(20)27/h3-14H,15-16H2,1-2H3/b28-14+. The number of aryl methyl sites for hydroxylation is 1. The summed E-state index contributed by atoms with van der Waals surface area (Å²) in [4.78, 5) is 0. The van der Waals surface area contributed by atoms with Crippen LogP contribution >= 0.6 is 35.0 Å². The molecule has 0 unspecified atom stereocenters. The van der Waals surface area contributed by atoms with Crippen LogP contribution in [0.5, 0.6) is 11.5 Å². The first kappa shape index (κ1) is 24.1. The van der Waals surface area contributed by atoms with E-state index in [2.05, 4.69) is 27.4 Å². The molecule has 1 aromatic heterocycles. The minimum Gasteiger partial charge on any atom is -0.493 e. The van der Waals surface area contributed by atoms with E-state index in [1.54, 1.807) is 41.9 Å². The Morgan fingerprint density at radius 1 is 1.03 bits per heavy atom. The van der Waals surface area contributed by atoms with Gasteiger partial charge in [-0.2, -0.15) is 9.78 Å². The van der Waals surface area contributed by atoms with Crippen LogP contribution in [0.15, 0.2) is 77.0 Å². The lowest BCUT2D eigenvalue weighted by molar-refractivity contribution is 0.284. The van der Waals surface area contributed by atoms with Gasteiger partial charge in [0.2, 0.25) is 5.16 Å². The van der Waals surface area contributed by atoms with Gasteiger partial charge in [0.1, 0.15) is 6.61 Å². The molecule has 174 valence electrons. The summed E-state index contributed by atoms with van der Waals surface area (Å²) in [6.07, 6.45) is 1.71. The van der Waals surface area contributed by atoms with Gasteiger partial charge in [-0.25, -0.2) is 0 Å². The Kier molecular flexibility index (Phi) is 8.11. The molecule has 1 heterocycles. The SMILES string of the molecule is COc1cccc(/C=N/n2c(C)nnc2SCc2ccccc2)c1OCc1ccc(Cl)cc1Cl. The molecule has 9 heteroatoms. The first-order chi connectivity index (χ1) is 16.5. The van der Waals surface area contributed by atoms with Gasteiger partial charge < -0.3 is 9.47 Å². The molecule has 0 fully saturated rings. The molecule has 0 atom stereocenters. The van der Waals surface area contributed by atoms with Crippen molar-refractivity contribution in [1.29, 1.82) is 0 Å². The maximum Gasteiger partial charge on any atom is 0.212 e. The van der Waals surface area contributed by atoms with E-state index in [-0.39, 0.29) is 6.61 Å². The summed E-state index contributed by atoms with van der Waals surface area (Å²) >= 11 is 13.9. The van der Waals surface area contributed by atoms with Gasteiger partial charge in [-0.15, -0.1) is 10.2 Å². The van der Waals surface area contributed by atoms with Crippen molar-refractivity contribution >= 4 is 41.2 Å². The van der Waals surface area contributed by atoms with Crippen molar-refractivity contribution in [3.05, 3.63) is 99.3 Å². The Labute approximate surface area is 212 Å². The quantitative estimate of drug-likeness (QED) is 0.185. The third-order valence-corrected chi connectivity index (χ3v) is 6.48. The van der Waals surface area contributed by atoms with Crippen molar-refractivity contribution in [2.24, 2.45) is 5.10 Å². The molecule has 0 radical (unpaired) electrons. The third kappa shape index (κ3) is 5.91. The van der Waals surface area contributed by atoms with Gasteiger partial charge in [-0.3, -0.25) is 0 Å². The van der Waals surface area contributed by atoms with Crippen LogP contribution in [0.4, 0.5) is 0 Å². The Morgan fingerprint density at radius 3 is 2.62 bits per heavy atom. The molecule has 0 saturated heterocycles. The summed E-state index contributed by atoms with van der Waals surface area (Å²) in [5, 5.41) is 14.9. The fourth-order valence-corrected chi connectivity index (χ4v) is 4.49. The zero-order valence-electron chi connectivity index (χ0n) is 18.6. The number of hydrogen-bond acceptors (Lipinski definition) is 6. The second-order valence-corrected chi connectivity index (χ2v) is 9.05. The summed E-state index contributed by atoms with van der Waals surface area (Å²) < 4.78 is 13.3. The molecule has 4 rings (SSSR count). The summed E-state index contributed by atoms with van der Waals surface area (Å²) in [5.74, 6) is 2.60. The molecule has 0 bridgehead atoms.